The monoisotopic (exact) mass is 478 g/mol. The van der Waals surface area contributed by atoms with Crippen LogP contribution in [0, 0.1) is 11.6 Å². The summed E-state index contributed by atoms with van der Waals surface area (Å²) in [6, 6.07) is 12.0. The van der Waals surface area contributed by atoms with Gasteiger partial charge in [-0.05, 0) is 24.3 Å². The minimum absolute atomic E-state index is 0.0332. The van der Waals surface area contributed by atoms with Gasteiger partial charge in [0.2, 0.25) is 11.8 Å². The molecule has 0 aliphatic carbocycles. The first-order valence-electron chi connectivity index (χ1n) is 10.0. The second kappa shape index (κ2) is 8.82. The summed E-state index contributed by atoms with van der Waals surface area (Å²) in [5, 5.41) is 1.01. The minimum Gasteiger partial charge on any atom is -0.478 e. The largest absolute Gasteiger partial charge is 0.478 e. The van der Waals surface area contributed by atoms with Crippen molar-refractivity contribution < 1.29 is 38.7 Å². The maximum Gasteiger partial charge on any atom is 0.422 e. The third-order valence-corrected chi connectivity index (χ3v) is 5.31. The van der Waals surface area contributed by atoms with Crippen molar-refractivity contribution in [1.29, 1.82) is 0 Å². The molecular formula is C23H20ClF3N3O3+. The highest BCUT2D eigenvalue weighted by molar-refractivity contribution is 5.96. The van der Waals surface area contributed by atoms with Crippen LogP contribution >= 0.6 is 0 Å². The van der Waals surface area contributed by atoms with E-state index in [1.807, 2.05) is 31.2 Å². The van der Waals surface area contributed by atoms with E-state index in [-0.39, 0.29) is 17.3 Å². The van der Waals surface area contributed by atoms with E-state index in [0.717, 1.165) is 16.5 Å². The molecule has 33 heavy (non-hydrogen) atoms. The molecule has 2 heterocycles. The standard InChI is InChI=1S/C23H19ClF3N3O3/c1-2-18-21(15-4-3-5-17-14(15)8-9-30(17)11-20(28)31)29-22(33-18)13-6-7-19(16(24)10-13)32-12-23(25,26)27/h3-10,24H,2,11-12H2,1H3,(H-,28,31)/p+1. The van der Waals surface area contributed by atoms with Gasteiger partial charge in [-0.2, -0.15) is 13.2 Å². The average Bonchev–Trinajstić information content (AvgIpc) is 3.36. The van der Waals surface area contributed by atoms with Crippen molar-refractivity contribution in [2.75, 3.05) is 6.61 Å². The Balaban J connectivity index is 1.71. The van der Waals surface area contributed by atoms with Crippen LogP contribution in [0.15, 0.2) is 53.1 Å². The van der Waals surface area contributed by atoms with Crippen LogP contribution in [0.3, 0.4) is 0 Å². The van der Waals surface area contributed by atoms with Crippen LogP contribution in [0.1, 0.15) is 12.7 Å². The Bertz CT molecular complexity index is 1330. The van der Waals surface area contributed by atoms with Crippen LogP contribution in [-0.4, -0.2) is 28.2 Å². The first kappa shape index (κ1) is 22.7. The summed E-state index contributed by atoms with van der Waals surface area (Å²) < 4.78 is 49.8. The fourth-order valence-electron chi connectivity index (χ4n) is 3.58. The molecule has 10 heteroatoms. The van der Waals surface area contributed by atoms with E-state index in [2.05, 4.69) is 4.98 Å². The average molecular weight is 479 g/mol. The van der Waals surface area contributed by atoms with E-state index in [1.165, 1.54) is 12.1 Å². The molecule has 1 amide bonds. The molecule has 0 aliphatic heterocycles. The summed E-state index contributed by atoms with van der Waals surface area (Å²) in [7, 11) is 0. The zero-order valence-corrected chi connectivity index (χ0v) is 18.3. The number of nitrogens with zero attached hydrogens (tertiary/aromatic N) is 2. The molecule has 0 aliphatic rings. The number of benzene rings is 2. The molecule has 0 unspecified atom stereocenters. The van der Waals surface area contributed by atoms with E-state index in [0.29, 0.717) is 29.3 Å². The molecule has 6 nitrogen and oxygen atoms in total. The molecule has 2 aromatic heterocycles. The molecule has 0 fully saturated rings. The summed E-state index contributed by atoms with van der Waals surface area (Å²) in [6.07, 6.45) is -2.10. The third kappa shape index (κ3) is 4.83. The van der Waals surface area contributed by atoms with Crippen molar-refractivity contribution in [3.8, 4) is 28.5 Å². The predicted molar refractivity (Wildman–Crippen MR) is 114 cm³/mol. The summed E-state index contributed by atoms with van der Waals surface area (Å²) in [6.45, 7) is 0.569. The molecule has 2 aromatic carbocycles. The number of hydrogen-bond donors (Lipinski definition) is 1. The number of halogens is 4. The number of ether oxygens (including phenoxy) is 1. The van der Waals surface area contributed by atoms with Crippen LogP contribution in [0.25, 0.3) is 33.6 Å². The fraction of sp³-hybridized carbons (Fsp3) is 0.217. The number of aryl methyl sites for hydroxylation is 1. The van der Waals surface area contributed by atoms with Gasteiger partial charge in [0.25, 0.3) is 5.02 Å². The fourth-order valence-corrected chi connectivity index (χ4v) is 3.83. The van der Waals surface area contributed by atoms with Crippen molar-refractivity contribution in [3.05, 3.63) is 59.4 Å². The van der Waals surface area contributed by atoms with Gasteiger partial charge in [-0.25, -0.2) is 4.98 Å². The van der Waals surface area contributed by atoms with Crippen LogP contribution in [0.2, 0.25) is 5.02 Å². The molecule has 4 aromatic rings. The number of oxazole rings is 1. The van der Waals surface area contributed by atoms with Gasteiger partial charge in [-0.3, -0.25) is 4.79 Å². The first-order valence-corrected chi connectivity index (χ1v) is 10.4. The summed E-state index contributed by atoms with van der Waals surface area (Å²) >= 11 is 5.19. The normalized spacial score (nSPS) is 11.8. The van der Waals surface area contributed by atoms with Crippen LogP contribution < -0.4 is 10.5 Å². The number of carbonyl (C=O) groups is 1. The highest BCUT2D eigenvalue weighted by Gasteiger charge is 2.29. The van der Waals surface area contributed by atoms with Crippen LogP contribution in [0.4, 0.5) is 13.2 Å². The van der Waals surface area contributed by atoms with Gasteiger partial charge < -0.3 is 19.5 Å². The van der Waals surface area contributed by atoms with E-state index >= 15 is 0 Å². The number of carbonyl (C=O) groups excluding carboxylic acids is 1. The number of rotatable bonds is 7. The van der Waals surface area contributed by atoms with E-state index < -0.39 is 18.7 Å². The van der Waals surface area contributed by atoms with Crippen molar-refractivity contribution in [2.45, 2.75) is 26.1 Å². The van der Waals surface area contributed by atoms with Crippen molar-refractivity contribution in [3.63, 3.8) is 0 Å². The van der Waals surface area contributed by atoms with Gasteiger partial charge in [-0.1, -0.05) is 19.1 Å². The molecule has 4 rings (SSSR count). The number of amides is 1. The summed E-state index contributed by atoms with van der Waals surface area (Å²) in [5.74, 6) is 0.458. The van der Waals surface area contributed by atoms with Crippen LogP contribution in [0.5, 0.6) is 5.75 Å². The number of hydrogen-bond acceptors (Lipinski definition) is 4. The van der Waals surface area contributed by atoms with Gasteiger partial charge in [0.05, 0.1) is 0 Å². The number of nitrogens with two attached hydrogens (primary N) is 1. The molecule has 0 saturated carbocycles. The highest BCUT2D eigenvalue weighted by Crippen LogP contribution is 2.35. The lowest BCUT2D eigenvalue weighted by molar-refractivity contribution is -0.291. The molecule has 0 atom stereocenters. The molecule has 2 N–H and O–H groups in total. The second-order valence-corrected chi connectivity index (χ2v) is 7.80. The summed E-state index contributed by atoms with van der Waals surface area (Å²) in [4.78, 5) is 16.0. The minimum atomic E-state index is -4.45. The highest BCUT2D eigenvalue weighted by atomic mass is 35.5. The summed E-state index contributed by atoms with van der Waals surface area (Å²) in [5.41, 5.74) is 8.16. The topological polar surface area (TPSA) is 83.3 Å². The maximum absolute atomic E-state index is 12.4. The first-order chi connectivity index (χ1) is 15.7. The Morgan fingerprint density at radius 3 is 2.70 bits per heavy atom. The zero-order valence-electron chi connectivity index (χ0n) is 17.5. The Morgan fingerprint density at radius 2 is 2.03 bits per heavy atom. The van der Waals surface area contributed by atoms with Gasteiger partial charge in [0.1, 0.15) is 18.0 Å². The van der Waals surface area contributed by atoms with E-state index in [1.54, 1.807) is 16.8 Å². The van der Waals surface area contributed by atoms with Crippen LogP contribution in [-0.2, 0) is 17.8 Å². The van der Waals surface area contributed by atoms with E-state index in [4.69, 9.17) is 26.5 Å². The second-order valence-electron chi connectivity index (χ2n) is 7.36. The van der Waals surface area contributed by atoms with Gasteiger partial charge >= 0.3 is 6.18 Å². The molecule has 172 valence electrons. The zero-order chi connectivity index (χ0) is 23.8. The maximum atomic E-state index is 12.4. The molecule has 0 radical (unpaired) electrons. The quantitative estimate of drug-likeness (QED) is 0.419. The lowest BCUT2D eigenvalue weighted by Crippen LogP contribution is -2.19. The van der Waals surface area contributed by atoms with E-state index in [9.17, 15) is 18.0 Å². The molecule has 0 saturated heterocycles. The Labute approximate surface area is 191 Å². The third-order valence-electron chi connectivity index (χ3n) is 5.00. The van der Waals surface area contributed by atoms with Crippen molar-refractivity contribution >= 4 is 16.8 Å². The number of fused-ring (bicyclic) bond motifs is 1. The van der Waals surface area contributed by atoms with Gasteiger partial charge in [-0.15, -0.1) is 0 Å². The Hall–Kier alpha value is -3.46. The molecular weight excluding hydrogens is 459 g/mol. The number of primary amides is 1. The Morgan fingerprint density at radius 1 is 1.24 bits per heavy atom. The number of alkyl halides is 3. The number of aromatic nitrogens is 2. The predicted octanol–water partition coefficient (Wildman–Crippen LogP) is 4.65. The lowest BCUT2D eigenvalue weighted by atomic mass is 10.1. The molecule has 0 bridgehead atoms. The van der Waals surface area contributed by atoms with Gasteiger partial charge in [0.15, 0.2) is 24.0 Å². The smallest absolute Gasteiger partial charge is 0.422 e. The Kier molecular flexibility index (Phi) is 6.07. The molecule has 0 spiro atoms. The van der Waals surface area contributed by atoms with Crippen molar-refractivity contribution in [2.24, 2.45) is 5.73 Å². The SMILES string of the molecule is CCc1oc(-c2ccc(OCC(F)(F)F)c([ClH+])c2)nc1-c1cccc2c1ccn2CC(N)=O. The van der Waals surface area contributed by atoms with Gasteiger partial charge in [0, 0.05) is 40.7 Å². The van der Waals surface area contributed by atoms with Crippen molar-refractivity contribution in [1.82, 2.24) is 9.55 Å². The lowest BCUT2D eigenvalue weighted by Gasteiger charge is -2.08.